The maximum absolute atomic E-state index is 11.9. The highest BCUT2D eigenvalue weighted by atomic mass is 32.2. The molecule has 0 radical (unpaired) electrons. The normalized spacial score (nSPS) is 23.4. The van der Waals surface area contributed by atoms with E-state index in [4.69, 9.17) is 0 Å². The highest BCUT2D eigenvalue weighted by Gasteiger charge is 2.29. The molecule has 5 heteroatoms. The zero-order valence-electron chi connectivity index (χ0n) is 9.10. The van der Waals surface area contributed by atoms with Crippen LogP contribution in [0.25, 0.3) is 0 Å². The second-order valence-electron chi connectivity index (χ2n) is 4.29. The molecule has 1 unspecified atom stereocenters. The first-order valence-electron chi connectivity index (χ1n) is 5.25. The lowest BCUT2D eigenvalue weighted by atomic mass is 9.98. The first-order valence-corrected chi connectivity index (χ1v) is 7.96. The summed E-state index contributed by atoms with van der Waals surface area (Å²) in [7, 11) is -2.87. The Hall–Kier alpha value is -0.680. The summed E-state index contributed by atoms with van der Waals surface area (Å²) in [6.45, 7) is 1.92. The summed E-state index contributed by atoms with van der Waals surface area (Å²) >= 11 is 1.55. The smallest absolute Gasteiger partial charge is 0.164 e. The summed E-state index contributed by atoms with van der Waals surface area (Å²) in [6.07, 6.45) is 1.01. The van der Waals surface area contributed by atoms with E-state index in [1.807, 2.05) is 18.4 Å². The molecule has 0 aromatic carbocycles. The first kappa shape index (κ1) is 11.8. The Balaban J connectivity index is 2.02. The van der Waals surface area contributed by atoms with E-state index in [2.05, 4.69) is 0 Å². The molecule has 1 aromatic rings. The predicted molar refractivity (Wildman–Crippen MR) is 64.8 cm³/mol. The van der Waals surface area contributed by atoms with Gasteiger partial charge in [-0.15, -0.1) is 11.3 Å². The maximum Gasteiger partial charge on any atom is 0.164 e. The highest BCUT2D eigenvalue weighted by molar-refractivity contribution is 7.91. The van der Waals surface area contributed by atoms with Crippen molar-refractivity contribution in [1.29, 1.82) is 0 Å². The Morgan fingerprint density at radius 2 is 2.31 bits per heavy atom. The van der Waals surface area contributed by atoms with Crippen molar-refractivity contribution in [2.75, 3.05) is 11.5 Å². The first-order chi connectivity index (χ1) is 7.48. The molecule has 0 spiro atoms. The zero-order chi connectivity index (χ0) is 11.8. The molecule has 16 heavy (non-hydrogen) atoms. The topological polar surface area (TPSA) is 51.2 Å². The number of rotatable bonds is 3. The molecule has 0 amide bonds. The van der Waals surface area contributed by atoms with E-state index in [0.717, 1.165) is 10.4 Å². The molecule has 2 heterocycles. The highest BCUT2D eigenvalue weighted by Crippen LogP contribution is 2.25. The van der Waals surface area contributed by atoms with Crippen LogP contribution in [-0.2, 0) is 9.84 Å². The summed E-state index contributed by atoms with van der Waals surface area (Å²) in [6, 6.07) is 1.83. The number of hydrogen-bond acceptors (Lipinski definition) is 4. The van der Waals surface area contributed by atoms with Gasteiger partial charge in [0.2, 0.25) is 0 Å². The second kappa shape index (κ2) is 4.30. The number of carbonyl (C=O) groups excluding carboxylic acids is 1. The zero-order valence-corrected chi connectivity index (χ0v) is 10.7. The van der Waals surface area contributed by atoms with Crippen LogP contribution in [0.15, 0.2) is 11.4 Å². The van der Waals surface area contributed by atoms with Gasteiger partial charge in [-0.3, -0.25) is 4.79 Å². The van der Waals surface area contributed by atoms with Gasteiger partial charge in [0.1, 0.15) is 0 Å². The Labute approximate surface area is 99.4 Å². The van der Waals surface area contributed by atoms with Gasteiger partial charge in [0.05, 0.1) is 11.5 Å². The lowest BCUT2D eigenvalue weighted by molar-refractivity contribution is 0.0965. The van der Waals surface area contributed by atoms with Crippen LogP contribution in [0.5, 0.6) is 0 Å². The summed E-state index contributed by atoms with van der Waals surface area (Å²) in [5, 5.41) is 1.90. The lowest BCUT2D eigenvalue weighted by Crippen LogP contribution is -2.10. The van der Waals surface area contributed by atoms with Gasteiger partial charge in [0.25, 0.3) is 0 Å². The van der Waals surface area contributed by atoms with Crippen molar-refractivity contribution in [1.82, 2.24) is 0 Å². The van der Waals surface area contributed by atoms with Gasteiger partial charge in [0.15, 0.2) is 15.6 Å². The molecule has 1 aliphatic rings. The predicted octanol–water partition coefficient (Wildman–Crippen LogP) is 2.06. The van der Waals surface area contributed by atoms with E-state index in [0.29, 0.717) is 12.8 Å². The van der Waals surface area contributed by atoms with Crippen molar-refractivity contribution in [3.63, 3.8) is 0 Å². The van der Waals surface area contributed by atoms with Crippen molar-refractivity contribution in [2.24, 2.45) is 5.92 Å². The lowest BCUT2D eigenvalue weighted by Gasteiger charge is -2.05. The average molecular weight is 258 g/mol. The SMILES string of the molecule is Cc1sccc1C(=O)CC1CCS(=O)(=O)C1. The van der Waals surface area contributed by atoms with E-state index < -0.39 is 9.84 Å². The molecule has 1 aliphatic heterocycles. The Morgan fingerprint density at radius 3 is 2.81 bits per heavy atom. The van der Waals surface area contributed by atoms with E-state index in [-0.39, 0.29) is 23.2 Å². The van der Waals surface area contributed by atoms with Gasteiger partial charge in [-0.1, -0.05) is 0 Å². The number of sulfone groups is 1. The van der Waals surface area contributed by atoms with E-state index in [1.165, 1.54) is 0 Å². The standard InChI is InChI=1S/C11H14O3S2/c1-8-10(2-4-15-8)11(12)6-9-3-5-16(13,14)7-9/h2,4,9H,3,5-7H2,1H3. The molecule has 0 N–H and O–H groups in total. The van der Waals surface area contributed by atoms with Crippen LogP contribution in [-0.4, -0.2) is 25.7 Å². The third-order valence-corrected chi connectivity index (χ3v) is 5.64. The summed E-state index contributed by atoms with van der Waals surface area (Å²) in [4.78, 5) is 12.9. The van der Waals surface area contributed by atoms with Crippen LogP contribution < -0.4 is 0 Å². The van der Waals surface area contributed by atoms with Crippen molar-refractivity contribution >= 4 is 27.0 Å². The average Bonchev–Trinajstić information content (AvgIpc) is 2.72. The summed E-state index contributed by atoms with van der Waals surface area (Å²) in [5.74, 6) is 0.535. The van der Waals surface area contributed by atoms with Crippen molar-refractivity contribution in [3.8, 4) is 0 Å². The second-order valence-corrected chi connectivity index (χ2v) is 7.64. The van der Waals surface area contributed by atoms with Gasteiger partial charge < -0.3 is 0 Å². The number of hydrogen-bond donors (Lipinski definition) is 0. The number of thiophene rings is 1. The number of Topliss-reactive ketones (excluding diaryl/α,β-unsaturated/α-hetero) is 1. The molecule has 0 saturated carbocycles. The molecule has 1 saturated heterocycles. The molecule has 2 rings (SSSR count). The van der Waals surface area contributed by atoms with Crippen LogP contribution in [0, 0.1) is 12.8 Å². The molecule has 88 valence electrons. The molecule has 0 bridgehead atoms. The minimum atomic E-state index is -2.87. The van der Waals surface area contributed by atoms with Crippen molar-refractivity contribution in [3.05, 3.63) is 21.9 Å². The van der Waals surface area contributed by atoms with E-state index in [1.54, 1.807) is 11.3 Å². The van der Waals surface area contributed by atoms with Crippen molar-refractivity contribution in [2.45, 2.75) is 19.8 Å². The molecule has 3 nitrogen and oxygen atoms in total. The molecule has 1 fully saturated rings. The monoisotopic (exact) mass is 258 g/mol. The number of ketones is 1. The summed E-state index contributed by atoms with van der Waals surface area (Å²) in [5.41, 5.74) is 0.759. The van der Waals surface area contributed by atoms with Gasteiger partial charge in [-0.25, -0.2) is 8.42 Å². The van der Waals surface area contributed by atoms with Crippen LogP contribution in [0.2, 0.25) is 0 Å². The fourth-order valence-electron chi connectivity index (χ4n) is 2.08. The molecule has 1 atom stereocenters. The van der Waals surface area contributed by atoms with E-state index in [9.17, 15) is 13.2 Å². The molecular weight excluding hydrogens is 244 g/mol. The van der Waals surface area contributed by atoms with Gasteiger partial charge in [-0.05, 0) is 30.7 Å². The third kappa shape index (κ3) is 2.52. The summed E-state index contributed by atoms with van der Waals surface area (Å²) < 4.78 is 22.5. The van der Waals surface area contributed by atoms with Gasteiger partial charge >= 0.3 is 0 Å². The fraction of sp³-hybridized carbons (Fsp3) is 0.545. The Kier molecular flexibility index (Phi) is 3.17. The molecule has 0 aliphatic carbocycles. The van der Waals surface area contributed by atoms with Crippen LogP contribution >= 0.6 is 11.3 Å². The number of aryl methyl sites for hydroxylation is 1. The number of carbonyl (C=O) groups is 1. The largest absolute Gasteiger partial charge is 0.294 e. The maximum atomic E-state index is 11.9. The Bertz CT molecular complexity index is 499. The van der Waals surface area contributed by atoms with E-state index >= 15 is 0 Å². The van der Waals surface area contributed by atoms with Crippen molar-refractivity contribution < 1.29 is 13.2 Å². The van der Waals surface area contributed by atoms with Crippen LogP contribution in [0.1, 0.15) is 28.1 Å². The Morgan fingerprint density at radius 1 is 1.56 bits per heavy atom. The van der Waals surface area contributed by atoms with Gasteiger partial charge in [-0.2, -0.15) is 0 Å². The fourth-order valence-corrected chi connectivity index (χ4v) is 4.66. The minimum Gasteiger partial charge on any atom is -0.294 e. The third-order valence-electron chi connectivity index (χ3n) is 2.96. The van der Waals surface area contributed by atoms with Crippen LogP contribution in [0.4, 0.5) is 0 Å². The molecule has 1 aromatic heterocycles. The van der Waals surface area contributed by atoms with Gasteiger partial charge in [0, 0.05) is 16.9 Å². The minimum absolute atomic E-state index is 0.0248. The quantitative estimate of drug-likeness (QED) is 0.780. The van der Waals surface area contributed by atoms with Crippen LogP contribution in [0.3, 0.4) is 0 Å². The molecular formula is C11H14O3S2.